The summed E-state index contributed by atoms with van der Waals surface area (Å²) in [6, 6.07) is 5.44. The number of hydrogen-bond donors (Lipinski definition) is 0. The molecule has 1 fully saturated rings. The minimum absolute atomic E-state index is 0.147. The molecule has 3 aromatic heterocycles. The number of aromatic nitrogens is 3. The molecule has 1 saturated heterocycles. The summed E-state index contributed by atoms with van der Waals surface area (Å²) in [7, 11) is 0. The number of hydrogen-bond acceptors (Lipinski definition) is 7. The van der Waals surface area contributed by atoms with Gasteiger partial charge in [0.05, 0.1) is 12.8 Å². The lowest BCUT2D eigenvalue weighted by atomic mass is 10.1. The van der Waals surface area contributed by atoms with Gasteiger partial charge < -0.3 is 18.6 Å². The molecule has 0 radical (unpaired) electrons. The number of rotatable bonds is 5. The first-order valence-corrected chi connectivity index (χ1v) is 9.00. The Kier molecular flexibility index (Phi) is 4.86. The molecule has 4 rings (SSSR count). The van der Waals surface area contributed by atoms with Crippen molar-refractivity contribution in [2.24, 2.45) is 0 Å². The van der Waals surface area contributed by atoms with Crippen LogP contribution in [0.5, 0.6) is 6.01 Å². The first-order chi connectivity index (χ1) is 13.2. The summed E-state index contributed by atoms with van der Waals surface area (Å²) >= 11 is 0. The molecule has 27 heavy (non-hydrogen) atoms. The molecular weight excluding hydrogens is 348 g/mol. The van der Waals surface area contributed by atoms with Crippen molar-refractivity contribution < 1.29 is 18.5 Å². The van der Waals surface area contributed by atoms with Gasteiger partial charge in [-0.25, -0.2) is 9.97 Å². The van der Waals surface area contributed by atoms with Crippen molar-refractivity contribution in [1.82, 2.24) is 20.0 Å². The van der Waals surface area contributed by atoms with Crippen molar-refractivity contribution in [3.05, 3.63) is 48.1 Å². The fourth-order valence-corrected chi connectivity index (χ4v) is 3.03. The number of aryl methyl sites for hydroxylation is 1. The van der Waals surface area contributed by atoms with Crippen LogP contribution >= 0.6 is 0 Å². The van der Waals surface area contributed by atoms with E-state index in [-0.39, 0.29) is 17.7 Å². The summed E-state index contributed by atoms with van der Waals surface area (Å²) in [5.74, 6) is 0.777. The van der Waals surface area contributed by atoms with Crippen molar-refractivity contribution in [1.29, 1.82) is 0 Å². The van der Waals surface area contributed by atoms with E-state index in [0.717, 1.165) is 24.8 Å². The molecule has 0 saturated carbocycles. The topological polar surface area (TPSA) is 94.5 Å². The van der Waals surface area contributed by atoms with Crippen molar-refractivity contribution >= 4 is 5.91 Å². The molecule has 8 heteroatoms. The molecule has 1 aliphatic rings. The summed E-state index contributed by atoms with van der Waals surface area (Å²) in [4.78, 5) is 22.9. The van der Waals surface area contributed by atoms with Crippen molar-refractivity contribution in [3.63, 3.8) is 0 Å². The van der Waals surface area contributed by atoms with E-state index in [1.165, 1.54) is 0 Å². The second kappa shape index (κ2) is 7.61. The number of carbonyl (C=O) groups is 1. The van der Waals surface area contributed by atoms with Gasteiger partial charge in [-0.1, -0.05) is 12.1 Å². The predicted molar refractivity (Wildman–Crippen MR) is 95.2 cm³/mol. The Morgan fingerprint density at radius 1 is 1.33 bits per heavy atom. The number of carbonyl (C=O) groups excluding carboxylic acids is 1. The zero-order valence-corrected chi connectivity index (χ0v) is 15.0. The monoisotopic (exact) mass is 368 g/mol. The summed E-state index contributed by atoms with van der Waals surface area (Å²) < 4.78 is 16.3. The Hall–Kier alpha value is -3.16. The molecule has 4 heterocycles. The number of nitrogens with zero attached hydrogens (tertiary/aromatic N) is 4. The van der Waals surface area contributed by atoms with Gasteiger partial charge in [0, 0.05) is 25.0 Å². The molecule has 1 amide bonds. The molecule has 0 bridgehead atoms. The lowest BCUT2D eigenvalue weighted by Gasteiger charge is -2.31. The normalized spacial score (nSPS) is 17.1. The average molecular weight is 368 g/mol. The van der Waals surface area contributed by atoms with Gasteiger partial charge in [0.2, 0.25) is 5.76 Å². The third-order valence-corrected chi connectivity index (χ3v) is 4.52. The summed E-state index contributed by atoms with van der Waals surface area (Å²) in [6.07, 6.45) is 7.49. The fraction of sp³-hybridized carbons (Fsp3) is 0.368. The lowest BCUT2D eigenvalue weighted by Crippen LogP contribution is -2.44. The second-order valence-electron chi connectivity index (χ2n) is 6.41. The number of likely N-dealkylation sites (tertiary alicyclic amines) is 1. The zero-order chi connectivity index (χ0) is 18.6. The highest BCUT2D eigenvalue weighted by molar-refractivity contribution is 5.93. The standard InChI is InChI=1S/C19H20N4O4/c1-2-13-10-20-19(21-11-13)26-14-5-3-7-23(12-14)18(24)15-9-17(27-22-15)16-6-4-8-25-16/h4,6,8-11,14H,2-3,5,7,12H2,1H3. The summed E-state index contributed by atoms with van der Waals surface area (Å²) in [5.41, 5.74) is 1.31. The van der Waals surface area contributed by atoms with Crippen LogP contribution < -0.4 is 4.74 Å². The van der Waals surface area contributed by atoms with Crippen LogP contribution in [0.25, 0.3) is 11.5 Å². The molecule has 140 valence electrons. The van der Waals surface area contributed by atoms with Crippen molar-refractivity contribution in [2.45, 2.75) is 32.3 Å². The maximum Gasteiger partial charge on any atom is 0.316 e. The smallest absolute Gasteiger partial charge is 0.316 e. The molecule has 3 aromatic rings. The van der Waals surface area contributed by atoms with E-state index in [1.54, 1.807) is 41.8 Å². The van der Waals surface area contributed by atoms with Crippen LogP contribution in [0.1, 0.15) is 35.8 Å². The summed E-state index contributed by atoms with van der Waals surface area (Å²) in [6.45, 7) is 3.16. The third kappa shape index (κ3) is 3.84. The molecule has 0 aromatic carbocycles. The van der Waals surface area contributed by atoms with Gasteiger partial charge in [-0.15, -0.1) is 0 Å². The van der Waals surface area contributed by atoms with Gasteiger partial charge in [0.25, 0.3) is 5.91 Å². The first-order valence-electron chi connectivity index (χ1n) is 9.00. The van der Waals surface area contributed by atoms with Crippen LogP contribution in [-0.2, 0) is 6.42 Å². The van der Waals surface area contributed by atoms with Crippen LogP contribution in [0.15, 0.2) is 45.8 Å². The molecule has 8 nitrogen and oxygen atoms in total. The SMILES string of the molecule is CCc1cnc(OC2CCCN(C(=O)c3cc(-c4ccco4)on3)C2)nc1. The van der Waals surface area contributed by atoms with Crippen molar-refractivity contribution in [2.75, 3.05) is 13.1 Å². The van der Waals surface area contributed by atoms with Crippen LogP contribution in [0.3, 0.4) is 0 Å². The molecule has 1 unspecified atom stereocenters. The highest BCUT2D eigenvalue weighted by atomic mass is 16.5. The molecule has 0 aliphatic carbocycles. The summed E-state index contributed by atoms with van der Waals surface area (Å²) in [5, 5.41) is 3.88. The van der Waals surface area contributed by atoms with Gasteiger partial charge in [-0.2, -0.15) is 0 Å². The van der Waals surface area contributed by atoms with E-state index >= 15 is 0 Å². The van der Waals surface area contributed by atoms with Crippen LogP contribution in [0, 0.1) is 0 Å². The van der Waals surface area contributed by atoms with Gasteiger partial charge >= 0.3 is 6.01 Å². The van der Waals surface area contributed by atoms with Gasteiger partial charge in [0.15, 0.2) is 11.5 Å². The number of furan rings is 1. The molecule has 0 N–H and O–H groups in total. The Morgan fingerprint density at radius 3 is 2.93 bits per heavy atom. The van der Waals surface area contributed by atoms with Crippen LogP contribution in [0.2, 0.25) is 0 Å². The number of piperidine rings is 1. The largest absolute Gasteiger partial charge is 0.461 e. The van der Waals surface area contributed by atoms with E-state index in [2.05, 4.69) is 15.1 Å². The second-order valence-corrected chi connectivity index (χ2v) is 6.41. The Bertz CT molecular complexity index is 889. The number of ether oxygens (including phenoxy) is 1. The Labute approximate surface area is 156 Å². The van der Waals surface area contributed by atoms with Gasteiger partial charge in [-0.3, -0.25) is 4.79 Å². The highest BCUT2D eigenvalue weighted by Gasteiger charge is 2.28. The van der Waals surface area contributed by atoms with Crippen LogP contribution in [-0.4, -0.2) is 45.1 Å². The van der Waals surface area contributed by atoms with E-state index in [4.69, 9.17) is 13.7 Å². The fourth-order valence-electron chi connectivity index (χ4n) is 3.03. The van der Waals surface area contributed by atoms with Crippen LogP contribution in [0.4, 0.5) is 0 Å². The Balaban J connectivity index is 1.40. The minimum Gasteiger partial charge on any atom is -0.461 e. The lowest BCUT2D eigenvalue weighted by molar-refractivity contribution is 0.0507. The molecule has 1 atom stereocenters. The number of amides is 1. The first kappa shape index (κ1) is 17.3. The minimum atomic E-state index is -0.188. The average Bonchev–Trinajstić information content (AvgIpc) is 3.40. The van der Waals surface area contributed by atoms with E-state index in [9.17, 15) is 4.79 Å². The van der Waals surface area contributed by atoms with Gasteiger partial charge in [-0.05, 0) is 37.0 Å². The van der Waals surface area contributed by atoms with E-state index < -0.39 is 0 Å². The zero-order valence-electron chi connectivity index (χ0n) is 15.0. The van der Waals surface area contributed by atoms with E-state index in [0.29, 0.717) is 30.6 Å². The maximum atomic E-state index is 12.8. The highest BCUT2D eigenvalue weighted by Crippen LogP contribution is 2.22. The van der Waals surface area contributed by atoms with Gasteiger partial charge in [0.1, 0.15) is 6.10 Å². The molecular formula is C19H20N4O4. The van der Waals surface area contributed by atoms with Crippen molar-refractivity contribution in [3.8, 4) is 17.5 Å². The quantitative estimate of drug-likeness (QED) is 0.683. The predicted octanol–water partition coefficient (Wildman–Crippen LogP) is 2.97. The maximum absolute atomic E-state index is 12.8. The molecule has 1 aliphatic heterocycles. The Morgan fingerprint density at radius 2 is 2.19 bits per heavy atom. The third-order valence-electron chi connectivity index (χ3n) is 4.52. The van der Waals surface area contributed by atoms with E-state index in [1.807, 2.05) is 6.92 Å². The molecule has 0 spiro atoms.